The van der Waals surface area contributed by atoms with E-state index in [1.54, 1.807) is 6.07 Å². The number of carbonyl (C=O) groups excluding carboxylic acids is 4. The number of Topliss-reactive ketones (excluding diaryl/α,β-unsaturated/α-hetero) is 4. The number of fused-ring (bicyclic) bond motifs is 8. The van der Waals surface area contributed by atoms with Crippen LogP contribution in [0.15, 0.2) is 48.5 Å². The lowest BCUT2D eigenvalue weighted by Crippen LogP contribution is -2.27. The van der Waals surface area contributed by atoms with Crippen LogP contribution in [0.2, 0.25) is 0 Å². The zero-order valence-electron chi connectivity index (χ0n) is 54.6. The van der Waals surface area contributed by atoms with Crippen molar-refractivity contribution in [1.29, 1.82) is 5.26 Å². The Hall–Kier alpha value is -5.79. The van der Waals surface area contributed by atoms with Crippen molar-refractivity contribution in [3.05, 3.63) is 115 Å². The molecule has 10 nitrogen and oxygen atoms in total. The molecule has 81 heavy (non-hydrogen) atoms. The zero-order chi connectivity index (χ0) is 61.8. The van der Waals surface area contributed by atoms with E-state index in [1.165, 1.54) is 6.92 Å². The normalized spacial score (nSPS) is 13.8. The number of nitriles is 1. The number of ketones is 4. The van der Waals surface area contributed by atoms with Gasteiger partial charge in [0.2, 0.25) is 0 Å². The summed E-state index contributed by atoms with van der Waals surface area (Å²) in [5, 5.41) is 7.32. The zero-order valence-corrected chi connectivity index (χ0v) is 54.6. The minimum absolute atomic E-state index is 0.0476. The molecule has 0 aliphatic carbocycles. The smallest absolute Gasteiger partial charge is 0.175 e. The lowest BCUT2D eigenvalue weighted by Gasteiger charge is -2.29. The number of benzene rings is 4. The van der Waals surface area contributed by atoms with Gasteiger partial charge < -0.3 is 23.7 Å². The van der Waals surface area contributed by atoms with E-state index in [1.807, 2.05) is 83.1 Å². The summed E-state index contributed by atoms with van der Waals surface area (Å²) in [5.41, 5.74) is 6.98. The summed E-state index contributed by atoms with van der Waals surface area (Å²) >= 11 is 0. The number of ether oxygens (including phenoxy) is 5. The first-order valence-corrected chi connectivity index (χ1v) is 29.0. The summed E-state index contributed by atoms with van der Waals surface area (Å²) in [7, 11) is 0. The van der Waals surface area contributed by atoms with Crippen molar-refractivity contribution in [3.8, 4) is 29.1 Å². The van der Waals surface area contributed by atoms with Gasteiger partial charge in [-0.05, 0) is 89.4 Å². The molecule has 0 fully saturated rings. The maximum Gasteiger partial charge on any atom is 0.175 e. The molecule has 0 N–H and O–H groups in total. The van der Waals surface area contributed by atoms with Crippen molar-refractivity contribution in [2.24, 2.45) is 21.7 Å². The highest BCUT2D eigenvalue weighted by Gasteiger charge is 2.32. The van der Waals surface area contributed by atoms with Crippen LogP contribution in [0.25, 0.3) is 0 Å². The fourth-order valence-electron chi connectivity index (χ4n) is 8.80. The van der Waals surface area contributed by atoms with Crippen LogP contribution >= 0.6 is 0 Å². The highest BCUT2D eigenvalue weighted by atomic mass is 16.5. The highest BCUT2D eigenvalue weighted by Crippen LogP contribution is 2.44. The molecule has 0 atom stereocenters. The maximum atomic E-state index is 14.0. The lowest BCUT2D eigenvalue weighted by molar-refractivity contribution is -0.129. The topological polar surface area (TPSA) is 138 Å². The Balaban J connectivity index is 0.00000460. The van der Waals surface area contributed by atoms with Crippen LogP contribution in [0.4, 0.5) is 0 Å². The number of hydrogen-bond donors (Lipinski definition) is 0. The van der Waals surface area contributed by atoms with Crippen molar-refractivity contribution in [2.45, 2.75) is 227 Å². The molecule has 0 radical (unpaired) electrons. The van der Waals surface area contributed by atoms with Gasteiger partial charge in [-0.1, -0.05) is 203 Å². The maximum absolute atomic E-state index is 14.0. The van der Waals surface area contributed by atoms with Gasteiger partial charge in [0.25, 0.3) is 0 Å². The molecule has 10 heteroatoms. The SMILES string of the molecule is CC#N.CC(C)(C)C(=O)COc1c2cc(C(C)(C)C)cc1Cc1cc(C(C)(C)C)cc(c1OCC(=O)C(C)(C)C)Cc1cc(C(C)(C)C)cc(c1OCC(=O)C(C)(C)C)Cc1cc(C(C)(C)C)cc(c1OCC(=O)C(C)(C)C)COC2. The first-order chi connectivity index (χ1) is 36.8. The van der Waals surface area contributed by atoms with Crippen LogP contribution in [0, 0.1) is 33.0 Å². The van der Waals surface area contributed by atoms with Crippen molar-refractivity contribution < 1.29 is 42.9 Å². The average molecular weight is 1110 g/mol. The third kappa shape index (κ3) is 18.6. The molecule has 0 aromatic heterocycles. The molecule has 4 aromatic rings. The van der Waals surface area contributed by atoms with Gasteiger partial charge in [0, 0.05) is 59.0 Å². The Kier molecular flexibility index (Phi) is 21.2. The van der Waals surface area contributed by atoms with Crippen LogP contribution in [0.1, 0.15) is 240 Å². The second-order valence-electron chi connectivity index (χ2n) is 30.6. The van der Waals surface area contributed by atoms with Crippen molar-refractivity contribution in [1.82, 2.24) is 0 Å². The Labute approximate surface area is 488 Å². The van der Waals surface area contributed by atoms with Crippen LogP contribution in [-0.2, 0) is 78.1 Å². The minimum atomic E-state index is -0.670. The number of hydrogen-bond acceptors (Lipinski definition) is 10. The molecular weight excluding hydrogens is 1010 g/mol. The van der Waals surface area contributed by atoms with Gasteiger partial charge in [0.05, 0.1) is 19.3 Å². The fourth-order valence-corrected chi connectivity index (χ4v) is 8.80. The predicted octanol–water partition coefficient (Wildman–Crippen LogP) is 16.2. The Morgan fingerprint density at radius 3 is 0.679 bits per heavy atom. The van der Waals surface area contributed by atoms with E-state index >= 15 is 0 Å². The van der Waals surface area contributed by atoms with Crippen molar-refractivity contribution >= 4 is 23.1 Å². The summed E-state index contributed by atoms with van der Waals surface area (Å²) in [4.78, 5) is 55.7. The van der Waals surface area contributed by atoms with E-state index in [-0.39, 0.29) is 84.4 Å². The fraction of sp³-hybridized carbons (Fsp3) is 0.592. The minimum Gasteiger partial charge on any atom is -0.485 e. The number of nitrogens with zero attached hydrogens (tertiary/aromatic N) is 1. The van der Waals surface area contributed by atoms with Gasteiger partial charge in [-0.15, -0.1) is 0 Å². The molecule has 0 unspecified atom stereocenters. The van der Waals surface area contributed by atoms with E-state index < -0.39 is 21.7 Å². The summed E-state index contributed by atoms with van der Waals surface area (Å²) in [6, 6.07) is 19.2. The Bertz CT molecular complexity index is 2790. The second kappa shape index (κ2) is 25.4. The molecule has 1 aliphatic heterocycles. The molecule has 0 spiro atoms. The quantitative estimate of drug-likeness (QED) is 0.135. The summed E-state index contributed by atoms with van der Waals surface area (Å²) in [6.45, 7) is 50.1. The molecule has 8 bridgehead atoms. The summed E-state index contributed by atoms with van der Waals surface area (Å²) in [6.07, 6.45) is 0.992. The largest absolute Gasteiger partial charge is 0.485 e. The number of rotatable bonds is 12. The van der Waals surface area contributed by atoms with Gasteiger partial charge in [-0.2, -0.15) is 5.26 Å². The standard InChI is InChI=1S/C69H98O9.C2H3N/c1-62(2,3)50-28-42-25-43-29-51(63(4,5)6)31-45(59(43)76-39-55(71)67(16,17)18)27-47-33-53(65(10,11)12)35-49(61(47)78-41-57(73)69(22,23)24)37-74-36-48-34-52(64(7,8)9)32-46(60(48)77-40-56(72)68(19,20)21)26-44(30-50)58(42)75-38-54(70)66(13,14)15;1-2-3/h28-35H,25-27,36-41H2,1-24H3;1H3. The Morgan fingerprint density at radius 2 is 0.519 bits per heavy atom. The average Bonchev–Trinajstić information content (AvgIpc) is 3.29. The third-order valence-electron chi connectivity index (χ3n) is 14.8. The molecule has 0 saturated heterocycles. The predicted molar refractivity (Wildman–Crippen MR) is 329 cm³/mol. The monoisotopic (exact) mass is 1110 g/mol. The van der Waals surface area contributed by atoms with Crippen molar-refractivity contribution in [2.75, 3.05) is 26.4 Å². The first kappa shape index (κ1) is 67.7. The molecule has 0 amide bonds. The molecule has 1 aliphatic rings. The lowest BCUT2D eigenvalue weighted by atomic mass is 9.80. The van der Waals surface area contributed by atoms with E-state index in [9.17, 15) is 19.2 Å². The molecular formula is C71H101NO9. The van der Waals surface area contributed by atoms with Gasteiger partial charge in [-0.25, -0.2) is 0 Å². The van der Waals surface area contributed by atoms with Crippen LogP contribution in [0.3, 0.4) is 0 Å². The molecule has 5 rings (SSSR count). The van der Waals surface area contributed by atoms with Crippen LogP contribution in [0.5, 0.6) is 23.0 Å². The Morgan fingerprint density at radius 1 is 0.358 bits per heavy atom. The van der Waals surface area contributed by atoms with Gasteiger partial charge in [0.15, 0.2) is 23.1 Å². The second-order valence-corrected chi connectivity index (χ2v) is 30.6. The molecule has 444 valence electrons. The molecule has 0 saturated carbocycles. The summed E-state index contributed by atoms with van der Waals surface area (Å²) < 4.78 is 34.5. The van der Waals surface area contributed by atoms with Crippen LogP contribution in [-0.4, -0.2) is 49.6 Å². The van der Waals surface area contributed by atoms with E-state index in [4.69, 9.17) is 28.9 Å². The number of carbonyl (C=O) groups is 4. The van der Waals surface area contributed by atoms with Gasteiger partial charge in [0.1, 0.15) is 49.4 Å². The first-order valence-electron chi connectivity index (χ1n) is 29.0. The summed E-state index contributed by atoms with van der Waals surface area (Å²) in [5.74, 6) is 2.08. The highest BCUT2D eigenvalue weighted by molar-refractivity contribution is 5.86. The van der Waals surface area contributed by atoms with E-state index in [0.29, 0.717) is 42.3 Å². The third-order valence-corrected chi connectivity index (χ3v) is 14.8. The molecule has 4 aromatic carbocycles. The molecule has 1 heterocycles. The van der Waals surface area contributed by atoms with Crippen molar-refractivity contribution in [3.63, 3.8) is 0 Å². The van der Waals surface area contributed by atoms with Crippen LogP contribution < -0.4 is 18.9 Å². The van der Waals surface area contributed by atoms with Gasteiger partial charge >= 0.3 is 0 Å². The van der Waals surface area contributed by atoms with E-state index in [0.717, 1.165) is 66.8 Å². The van der Waals surface area contributed by atoms with Gasteiger partial charge in [-0.3, -0.25) is 19.2 Å². The van der Waals surface area contributed by atoms with E-state index in [2.05, 4.69) is 132 Å².